The fourth-order valence-corrected chi connectivity index (χ4v) is 1.25. The molecule has 0 bridgehead atoms. The molecule has 1 unspecified atom stereocenters. The fourth-order valence-electron chi connectivity index (χ4n) is 1.25. The Morgan fingerprint density at radius 2 is 2.42 bits per heavy atom. The lowest BCUT2D eigenvalue weighted by Gasteiger charge is -2.29. The molecule has 0 aromatic carbocycles. The second-order valence-electron chi connectivity index (χ2n) is 3.06. The molecule has 70 valence electrons. The van der Waals surface area contributed by atoms with Gasteiger partial charge in [-0.3, -0.25) is 4.79 Å². The van der Waals surface area contributed by atoms with Crippen molar-refractivity contribution in [1.29, 1.82) is 0 Å². The van der Waals surface area contributed by atoms with Gasteiger partial charge in [-0.1, -0.05) is 0 Å². The van der Waals surface area contributed by atoms with E-state index in [9.17, 15) is 9.90 Å². The van der Waals surface area contributed by atoms with Crippen LogP contribution in [-0.4, -0.2) is 36.5 Å². The van der Waals surface area contributed by atoms with Crippen LogP contribution in [0.25, 0.3) is 0 Å². The van der Waals surface area contributed by atoms with Crippen molar-refractivity contribution in [2.24, 2.45) is 0 Å². The average Bonchev–Trinajstić information content (AvgIpc) is 2.01. The van der Waals surface area contributed by atoms with Gasteiger partial charge in [-0.15, -0.1) is 0 Å². The highest BCUT2D eigenvalue weighted by molar-refractivity contribution is 5.71. The summed E-state index contributed by atoms with van der Waals surface area (Å²) in [5.74, 6) is -0.345. The van der Waals surface area contributed by atoms with Crippen LogP contribution in [0.1, 0.15) is 19.8 Å². The maximum atomic E-state index is 10.9. The van der Waals surface area contributed by atoms with E-state index in [1.807, 2.05) is 6.92 Å². The first kappa shape index (κ1) is 9.48. The number of methoxy groups -OCH3 is 1. The molecule has 0 spiro atoms. The van der Waals surface area contributed by atoms with Crippen LogP contribution >= 0.6 is 0 Å². The maximum absolute atomic E-state index is 10.9. The number of aliphatic hydroxyl groups excluding tert-OH is 1. The smallest absolute Gasteiger partial charge is 0.308 e. The Labute approximate surface area is 71.5 Å². The Hall–Kier alpha value is -0.610. The topological polar surface area (TPSA) is 55.8 Å². The number of esters is 1. The Balaban J connectivity index is 2.49. The largest absolute Gasteiger partial charge is 0.459 e. The molecule has 1 rings (SSSR count). The van der Waals surface area contributed by atoms with Gasteiger partial charge in [-0.25, -0.2) is 0 Å². The molecular formula is C8H14O4. The first-order valence-electron chi connectivity index (χ1n) is 4.04. The number of hydrogen-bond donors (Lipinski definition) is 1. The van der Waals surface area contributed by atoms with E-state index in [1.165, 1.54) is 0 Å². The van der Waals surface area contributed by atoms with Crippen LogP contribution in [0, 0.1) is 0 Å². The Bertz CT molecular complexity index is 168. The van der Waals surface area contributed by atoms with E-state index in [1.54, 1.807) is 7.11 Å². The molecule has 4 nitrogen and oxygen atoms in total. The lowest BCUT2D eigenvalue weighted by atomic mass is 10.0. The number of cyclic esters (lactones) is 1. The lowest BCUT2D eigenvalue weighted by Crippen LogP contribution is -2.39. The van der Waals surface area contributed by atoms with Crippen molar-refractivity contribution in [2.75, 3.05) is 7.11 Å². The van der Waals surface area contributed by atoms with E-state index in [0.29, 0.717) is 6.42 Å². The fraction of sp³-hybridized carbons (Fsp3) is 0.875. The monoisotopic (exact) mass is 174 g/mol. The van der Waals surface area contributed by atoms with Gasteiger partial charge in [0, 0.05) is 13.5 Å². The van der Waals surface area contributed by atoms with Crippen molar-refractivity contribution >= 4 is 5.97 Å². The molecule has 0 saturated carbocycles. The summed E-state index contributed by atoms with van der Waals surface area (Å²) in [5.41, 5.74) is 0. The molecule has 1 N–H and O–H groups in total. The predicted molar refractivity (Wildman–Crippen MR) is 41.6 cm³/mol. The van der Waals surface area contributed by atoms with Crippen molar-refractivity contribution in [3.63, 3.8) is 0 Å². The van der Waals surface area contributed by atoms with Crippen LogP contribution in [0.5, 0.6) is 0 Å². The molecule has 0 amide bonds. The van der Waals surface area contributed by atoms with Gasteiger partial charge in [0.05, 0.1) is 18.6 Å². The summed E-state index contributed by atoms with van der Waals surface area (Å²) in [7, 11) is 1.56. The summed E-state index contributed by atoms with van der Waals surface area (Å²) in [4.78, 5) is 10.9. The van der Waals surface area contributed by atoms with Gasteiger partial charge < -0.3 is 14.6 Å². The molecule has 1 fully saturated rings. The van der Waals surface area contributed by atoms with Gasteiger partial charge in [-0.05, 0) is 6.92 Å². The summed E-state index contributed by atoms with van der Waals surface area (Å²) >= 11 is 0. The Kier molecular flexibility index (Phi) is 3.05. The van der Waals surface area contributed by atoms with Crippen LogP contribution in [-0.2, 0) is 14.3 Å². The van der Waals surface area contributed by atoms with Crippen molar-refractivity contribution in [3.8, 4) is 0 Å². The van der Waals surface area contributed by atoms with Gasteiger partial charge in [0.25, 0.3) is 0 Å². The SMILES string of the molecule is COC(C)[C@@H]1C[C@@H](O)CC(=O)O1. The van der Waals surface area contributed by atoms with E-state index in [4.69, 9.17) is 9.47 Å². The minimum absolute atomic E-state index is 0.104. The zero-order chi connectivity index (χ0) is 9.14. The van der Waals surface area contributed by atoms with Crippen molar-refractivity contribution < 1.29 is 19.4 Å². The summed E-state index contributed by atoms with van der Waals surface area (Å²) in [6, 6.07) is 0. The molecule has 0 radical (unpaired) electrons. The van der Waals surface area contributed by atoms with E-state index < -0.39 is 6.10 Å². The molecule has 0 aromatic heterocycles. The third-order valence-electron chi connectivity index (χ3n) is 2.08. The van der Waals surface area contributed by atoms with Crippen molar-refractivity contribution in [3.05, 3.63) is 0 Å². The first-order chi connectivity index (χ1) is 5.63. The minimum Gasteiger partial charge on any atom is -0.459 e. The molecule has 1 heterocycles. The summed E-state index contributed by atoms with van der Waals surface area (Å²) < 4.78 is 9.98. The van der Waals surface area contributed by atoms with Crippen molar-refractivity contribution in [2.45, 2.75) is 38.1 Å². The molecule has 3 atom stereocenters. The van der Waals surface area contributed by atoms with Crippen molar-refractivity contribution in [1.82, 2.24) is 0 Å². The van der Waals surface area contributed by atoms with Crippen LogP contribution in [0.4, 0.5) is 0 Å². The van der Waals surface area contributed by atoms with Gasteiger partial charge in [-0.2, -0.15) is 0 Å². The van der Waals surface area contributed by atoms with E-state index >= 15 is 0 Å². The third-order valence-corrected chi connectivity index (χ3v) is 2.08. The number of ether oxygens (including phenoxy) is 2. The van der Waals surface area contributed by atoms with Gasteiger partial charge in [0.15, 0.2) is 0 Å². The van der Waals surface area contributed by atoms with E-state index in [0.717, 1.165) is 0 Å². The summed E-state index contributed by atoms with van der Waals surface area (Å²) in [6.45, 7) is 1.82. The number of aliphatic hydroxyl groups is 1. The lowest BCUT2D eigenvalue weighted by molar-refractivity contribution is -0.169. The van der Waals surface area contributed by atoms with E-state index in [2.05, 4.69) is 0 Å². The molecular weight excluding hydrogens is 160 g/mol. The molecule has 0 aliphatic carbocycles. The zero-order valence-corrected chi connectivity index (χ0v) is 7.32. The van der Waals surface area contributed by atoms with Crippen LogP contribution in [0.3, 0.4) is 0 Å². The molecule has 0 aromatic rings. The van der Waals surface area contributed by atoms with Gasteiger partial charge in [0.2, 0.25) is 0 Å². The highest BCUT2D eigenvalue weighted by atomic mass is 16.6. The van der Waals surface area contributed by atoms with Gasteiger partial charge in [0.1, 0.15) is 6.10 Å². The highest BCUT2D eigenvalue weighted by Gasteiger charge is 2.30. The molecule has 1 saturated heterocycles. The quantitative estimate of drug-likeness (QED) is 0.603. The second kappa shape index (κ2) is 3.87. The normalized spacial score (nSPS) is 32.8. The van der Waals surface area contributed by atoms with Gasteiger partial charge >= 0.3 is 5.97 Å². The van der Waals surface area contributed by atoms with Crippen LogP contribution in [0.2, 0.25) is 0 Å². The van der Waals surface area contributed by atoms with Crippen LogP contribution < -0.4 is 0 Å². The molecule has 4 heteroatoms. The number of carbonyl (C=O) groups is 1. The van der Waals surface area contributed by atoms with Crippen LogP contribution in [0.15, 0.2) is 0 Å². The zero-order valence-electron chi connectivity index (χ0n) is 7.32. The molecule has 1 aliphatic rings. The molecule has 12 heavy (non-hydrogen) atoms. The summed E-state index contributed by atoms with van der Waals surface area (Å²) in [5, 5.41) is 9.24. The number of rotatable bonds is 2. The predicted octanol–water partition coefficient (Wildman–Crippen LogP) is 0.0878. The standard InChI is InChI=1S/C8H14O4/c1-5(11-2)7-3-6(9)4-8(10)12-7/h5-7,9H,3-4H2,1-2H3/t5?,6-,7+/m1/s1. The third kappa shape index (κ3) is 2.19. The number of carbonyl (C=O) groups excluding carboxylic acids is 1. The summed E-state index contributed by atoms with van der Waals surface area (Å²) in [6.07, 6.45) is -0.447. The number of hydrogen-bond acceptors (Lipinski definition) is 4. The minimum atomic E-state index is -0.575. The first-order valence-corrected chi connectivity index (χ1v) is 4.04. The Morgan fingerprint density at radius 1 is 1.75 bits per heavy atom. The maximum Gasteiger partial charge on any atom is 0.308 e. The molecule has 1 aliphatic heterocycles. The van der Waals surface area contributed by atoms with E-state index in [-0.39, 0.29) is 24.6 Å². The Morgan fingerprint density at radius 3 is 2.92 bits per heavy atom. The highest BCUT2D eigenvalue weighted by Crippen LogP contribution is 2.18. The average molecular weight is 174 g/mol. The second-order valence-corrected chi connectivity index (χ2v) is 3.06.